The van der Waals surface area contributed by atoms with E-state index in [9.17, 15) is 28.0 Å². The van der Waals surface area contributed by atoms with Crippen LogP contribution >= 0.6 is 0 Å². The van der Waals surface area contributed by atoms with Crippen LogP contribution in [-0.4, -0.2) is 170 Å². The molecule has 15 nitrogen and oxygen atoms in total. The van der Waals surface area contributed by atoms with Crippen molar-refractivity contribution in [3.05, 3.63) is 181 Å². The van der Waals surface area contributed by atoms with Crippen molar-refractivity contribution in [3.63, 3.8) is 0 Å². The summed E-state index contributed by atoms with van der Waals surface area (Å²) in [6, 6.07) is 23.7. The number of piperazine rings is 2. The van der Waals surface area contributed by atoms with Crippen molar-refractivity contribution in [1.82, 2.24) is 34.8 Å². The van der Waals surface area contributed by atoms with Gasteiger partial charge in [-0.1, -0.05) is 94.8 Å². The van der Waals surface area contributed by atoms with E-state index in [1.165, 1.54) is 29.8 Å². The molecule has 6 heterocycles. The Morgan fingerprint density at radius 1 is 0.733 bits per heavy atom. The molecule has 3 aromatic carbocycles. The zero-order chi connectivity index (χ0) is 63.4. The number of Topliss-reactive ketones (excluding diaryl/α,β-unsaturated/α-hetero) is 1. The van der Waals surface area contributed by atoms with Crippen LogP contribution in [0.2, 0.25) is 0 Å². The van der Waals surface area contributed by atoms with Gasteiger partial charge in [-0.25, -0.2) is 8.78 Å². The number of benzene rings is 3. The number of ether oxygens (including phenoxy) is 4. The first-order valence-electron chi connectivity index (χ1n) is 32.7. The first-order valence-corrected chi connectivity index (χ1v) is 32.7. The highest BCUT2D eigenvalue weighted by Gasteiger charge is 2.47. The minimum absolute atomic E-state index is 0.0335. The van der Waals surface area contributed by atoms with Gasteiger partial charge in [0.1, 0.15) is 11.6 Å². The number of amides is 1. The van der Waals surface area contributed by atoms with E-state index in [1.54, 1.807) is 28.8 Å². The van der Waals surface area contributed by atoms with Gasteiger partial charge in [0.2, 0.25) is 5.91 Å². The fourth-order valence-corrected chi connectivity index (χ4v) is 15.1. The molecule has 4 fully saturated rings. The Kier molecular flexibility index (Phi) is 20.6. The summed E-state index contributed by atoms with van der Waals surface area (Å²) < 4.78 is 54.1. The van der Waals surface area contributed by atoms with Gasteiger partial charge < -0.3 is 39.0 Å². The Bertz CT molecular complexity index is 3450. The molecule has 7 atom stereocenters. The third-order valence-electron chi connectivity index (χ3n) is 19.6. The normalized spacial score (nSPS) is 26.5. The number of carbonyl (C=O) groups is 3. The fraction of sp³-hybridized carbons (Fsp3) is 0.534. The number of hydrogen-bond donors (Lipinski definition) is 2. The Hall–Kier alpha value is -6.12. The quantitative estimate of drug-likeness (QED) is 0.0607. The predicted octanol–water partition coefficient (Wildman–Crippen LogP) is 8.65. The highest BCUT2D eigenvalue weighted by Crippen LogP contribution is 2.48. The van der Waals surface area contributed by atoms with Gasteiger partial charge >= 0.3 is 0 Å². The molecule has 4 saturated heterocycles. The summed E-state index contributed by atoms with van der Waals surface area (Å²) in [5.74, 6) is -0.805. The number of allylic oxidation sites excluding steroid dienone is 3. The largest absolute Gasteiger partial charge is 0.375 e. The minimum atomic E-state index is -0.348. The van der Waals surface area contributed by atoms with E-state index in [1.807, 2.05) is 37.1 Å². The van der Waals surface area contributed by atoms with Crippen LogP contribution in [0.15, 0.2) is 124 Å². The van der Waals surface area contributed by atoms with E-state index in [4.69, 9.17) is 18.9 Å². The maximum Gasteiger partial charge on any atom is 0.254 e. The highest BCUT2D eigenvalue weighted by atomic mass is 19.1. The summed E-state index contributed by atoms with van der Waals surface area (Å²) >= 11 is 0. The lowest BCUT2D eigenvalue weighted by Crippen LogP contribution is -2.61. The summed E-state index contributed by atoms with van der Waals surface area (Å²) in [5, 5.41) is 7.31. The smallest absolute Gasteiger partial charge is 0.254 e. The number of nitrogens with one attached hydrogen (secondary N) is 2. The summed E-state index contributed by atoms with van der Waals surface area (Å²) in [6.45, 7) is 24.5. The zero-order valence-electron chi connectivity index (χ0n) is 54.1. The van der Waals surface area contributed by atoms with Gasteiger partial charge in [-0.05, 0) is 121 Å². The Labute approximate surface area is 530 Å². The number of hydrogen-bond acceptors (Lipinski definition) is 13. The summed E-state index contributed by atoms with van der Waals surface area (Å²) in [7, 11) is 1.82. The van der Waals surface area contributed by atoms with E-state index in [2.05, 4.69) is 97.2 Å². The molecule has 90 heavy (non-hydrogen) atoms. The molecule has 7 aliphatic rings. The Morgan fingerprint density at radius 2 is 1.33 bits per heavy atom. The minimum Gasteiger partial charge on any atom is -0.375 e. The second-order valence-electron chi connectivity index (χ2n) is 27.9. The van der Waals surface area contributed by atoms with Gasteiger partial charge in [-0.3, -0.25) is 33.9 Å². The van der Waals surface area contributed by atoms with E-state index >= 15 is 0 Å². The Morgan fingerprint density at radius 3 is 2.00 bits per heavy atom. The van der Waals surface area contributed by atoms with E-state index in [-0.39, 0.29) is 94.3 Å². The van der Waals surface area contributed by atoms with Gasteiger partial charge in [0, 0.05) is 136 Å². The van der Waals surface area contributed by atoms with Gasteiger partial charge in [-0.2, -0.15) is 0 Å². The lowest BCUT2D eigenvalue weighted by Gasteiger charge is -2.43. The number of ketones is 2. The van der Waals surface area contributed by atoms with Crippen LogP contribution in [0.4, 0.5) is 8.78 Å². The predicted molar refractivity (Wildman–Crippen MR) is 346 cm³/mol. The zero-order valence-corrected chi connectivity index (χ0v) is 54.1. The lowest BCUT2D eigenvalue weighted by molar-refractivity contribution is -0.132. The number of aromatic nitrogens is 1. The van der Waals surface area contributed by atoms with Crippen LogP contribution < -0.4 is 16.2 Å². The van der Waals surface area contributed by atoms with Crippen molar-refractivity contribution in [1.29, 1.82) is 0 Å². The van der Waals surface area contributed by atoms with Crippen LogP contribution in [0, 0.1) is 23.0 Å². The molecule has 0 bridgehead atoms. The van der Waals surface area contributed by atoms with Gasteiger partial charge in [0.15, 0.2) is 11.6 Å². The molecule has 482 valence electrons. The molecule has 2 N–H and O–H groups in total. The lowest BCUT2D eigenvalue weighted by atomic mass is 9.73. The molecule has 2 aliphatic carbocycles. The van der Waals surface area contributed by atoms with Crippen LogP contribution in [-0.2, 0) is 71.8 Å². The number of fused-ring (bicyclic) bond motifs is 1. The first kappa shape index (κ1) is 65.4. The van der Waals surface area contributed by atoms with Crippen molar-refractivity contribution < 1.29 is 42.1 Å². The number of pyridine rings is 1. The van der Waals surface area contributed by atoms with E-state index < -0.39 is 0 Å². The SMILES string of the molecule is CC1C(=O)C(Cc2ccc(F)cc2)=CC2=C1C(C)(C)CN2C(=O)CN1C[C@@H](C)NC[C@@H]1CN1CCOC(COCc2ccc(COC[C@@H]3C/C(=C/C[C@H]4CN[C@H](C)CN4CC(=O)/C=C4/CC(C)(C)c5c4cc(Cc4ccc(F)cc4)c(=O)n5C)CCO3)cc2)C1. The van der Waals surface area contributed by atoms with Crippen molar-refractivity contribution in [2.75, 3.05) is 91.9 Å². The molecule has 11 rings (SSSR count). The number of halogens is 2. The summed E-state index contributed by atoms with van der Waals surface area (Å²) in [5.41, 5.74) is 10.5. The van der Waals surface area contributed by atoms with Crippen LogP contribution in [0.5, 0.6) is 0 Å². The van der Waals surface area contributed by atoms with Gasteiger partial charge in [0.25, 0.3) is 5.56 Å². The molecular formula is C73H93F2N7O8. The number of nitrogens with zero attached hydrogens (tertiary/aromatic N) is 5. The number of morpholine rings is 1. The molecule has 4 aromatic rings. The van der Waals surface area contributed by atoms with Crippen molar-refractivity contribution in [2.24, 2.45) is 18.4 Å². The number of rotatable bonds is 21. The monoisotopic (exact) mass is 1230 g/mol. The first-order chi connectivity index (χ1) is 43.1. The average Bonchev–Trinajstić information content (AvgIpc) is 1.61. The molecule has 1 amide bonds. The third kappa shape index (κ3) is 15.7. The molecule has 1 aromatic heterocycles. The van der Waals surface area contributed by atoms with Crippen LogP contribution in [0.25, 0.3) is 5.57 Å². The molecule has 17 heteroatoms. The van der Waals surface area contributed by atoms with Crippen molar-refractivity contribution in [3.8, 4) is 0 Å². The molecule has 0 radical (unpaired) electrons. The second-order valence-corrected chi connectivity index (χ2v) is 27.9. The standard InChI is InChI=1S/C73H93F2N7O8/c1-47-36-80(39-62(83)30-57-33-72(4,5)70-65(57)31-56(71(86)78(70)8)28-51-15-20-59(75)21-16-51)60(34-76-47)22-17-52-23-25-89-63(29-52)44-87-42-53-9-11-54(12-10-53)43-88-45-64-40-79(24-26-90-64)38-61-35-77-48(2)37-81(61)41-67(84)82-46-73(6,7)68-49(3)69(85)55(32-66(68)82)27-50-13-18-58(74)19-14-50/h9-21,30-32,47-49,60-61,63-64,76-77H,22-29,33-46H2,1-8H3/b52-17+,57-30-/t47-,48-,49?,60+,61-,63+,64?/m1/s1. The molecule has 2 unspecified atom stereocenters. The van der Waals surface area contributed by atoms with Crippen LogP contribution in [0.3, 0.4) is 0 Å². The van der Waals surface area contributed by atoms with Crippen molar-refractivity contribution in [2.45, 2.75) is 142 Å². The topological polar surface area (TPSA) is 147 Å². The summed E-state index contributed by atoms with van der Waals surface area (Å²) in [4.78, 5) is 64.9. The molecule has 0 spiro atoms. The van der Waals surface area contributed by atoms with Crippen LogP contribution in [0.1, 0.15) is 113 Å². The van der Waals surface area contributed by atoms with E-state index in [0.717, 1.165) is 115 Å². The number of carbonyl (C=O) groups excluding carboxylic acids is 3. The molecule has 0 saturated carbocycles. The average molecular weight is 1230 g/mol. The Balaban J connectivity index is 0.614. The maximum absolute atomic E-state index is 14.5. The van der Waals surface area contributed by atoms with E-state index in [0.29, 0.717) is 83.1 Å². The van der Waals surface area contributed by atoms with Gasteiger partial charge in [0.05, 0.1) is 64.9 Å². The third-order valence-corrected chi connectivity index (χ3v) is 19.6. The van der Waals surface area contributed by atoms with Crippen molar-refractivity contribution >= 4 is 23.0 Å². The highest BCUT2D eigenvalue weighted by molar-refractivity contribution is 6.02. The summed E-state index contributed by atoms with van der Waals surface area (Å²) in [6.07, 6.45) is 9.94. The maximum atomic E-state index is 14.5. The fourth-order valence-electron chi connectivity index (χ4n) is 15.1. The molecule has 5 aliphatic heterocycles. The van der Waals surface area contributed by atoms with Gasteiger partial charge in [-0.15, -0.1) is 0 Å². The second kappa shape index (κ2) is 28.4. The molecular weight excluding hydrogens is 1140 g/mol.